The van der Waals surface area contributed by atoms with Crippen molar-refractivity contribution in [1.82, 2.24) is 9.88 Å². The number of fused-ring (bicyclic) bond motifs is 1. The van der Waals surface area contributed by atoms with Gasteiger partial charge in [0.2, 0.25) is 0 Å². The Hall–Kier alpha value is -1.86. The molecule has 0 aliphatic rings. The van der Waals surface area contributed by atoms with Gasteiger partial charge in [-0.15, -0.1) is 11.3 Å². The van der Waals surface area contributed by atoms with Crippen LogP contribution in [0.1, 0.15) is 5.01 Å². The van der Waals surface area contributed by atoms with Gasteiger partial charge in [-0.05, 0) is 32.3 Å². The van der Waals surface area contributed by atoms with Crippen LogP contribution in [0.5, 0.6) is 0 Å². The Bertz CT molecular complexity index is 597. The average molecular weight is 294 g/mol. The van der Waals surface area contributed by atoms with E-state index in [4.69, 9.17) is 10.5 Å². The maximum Gasteiger partial charge on any atom is 0.404 e. The van der Waals surface area contributed by atoms with Gasteiger partial charge in [-0.3, -0.25) is 0 Å². The van der Waals surface area contributed by atoms with Gasteiger partial charge in [0, 0.05) is 18.8 Å². The average Bonchev–Trinajstić information content (AvgIpc) is 2.78. The molecule has 3 N–H and O–H groups in total. The molecule has 1 amide bonds. The molecule has 0 saturated carbocycles. The second-order valence-electron chi connectivity index (χ2n) is 4.63. The molecule has 0 spiro atoms. The molecule has 2 aromatic rings. The fourth-order valence-electron chi connectivity index (χ4n) is 1.70. The highest BCUT2D eigenvalue weighted by molar-refractivity contribution is 7.18. The van der Waals surface area contributed by atoms with Crippen molar-refractivity contribution in [3.63, 3.8) is 0 Å². The standard InChI is InChI=1S/C13H18N4O2S/c1-17(2)6-5-15-9-3-4-10-11(7-9)20-12(16-10)8-19-13(14)18/h3-4,7,15H,5-6,8H2,1-2H3,(H2,14,18). The number of nitrogens with one attached hydrogen (secondary N) is 1. The van der Waals surface area contributed by atoms with Crippen LogP contribution in [0.4, 0.5) is 10.5 Å². The molecule has 2 rings (SSSR count). The topological polar surface area (TPSA) is 80.5 Å². The second-order valence-corrected chi connectivity index (χ2v) is 5.74. The Labute approximate surface area is 121 Å². The molecule has 20 heavy (non-hydrogen) atoms. The largest absolute Gasteiger partial charge is 0.442 e. The summed E-state index contributed by atoms with van der Waals surface area (Å²) >= 11 is 1.50. The Morgan fingerprint density at radius 1 is 1.50 bits per heavy atom. The summed E-state index contributed by atoms with van der Waals surface area (Å²) in [5.74, 6) is 0. The van der Waals surface area contributed by atoms with Crippen LogP contribution in [0, 0.1) is 0 Å². The lowest BCUT2D eigenvalue weighted by molar-refractivity contribution is 0.150. The molecule has 108 valence electrons. The van der Waals surface area contributed by atoms with Gasteiger partial charge in [0.15, 0.2) is 0 Å². The minimum atomic E-state index is -0.782. The number of benzene rings is 1. The van der Waals surface area contributed by atoms with E-state index in [1.54, 1.807) is 0 Å². The molecule has 0 bridgehead atoms. The van der Waals surface area contributed by atoms with Gasteiger partial charge in [-0.25, -0.2) is 9.78 Å². The van der Waals surface area contributed by atoms with Crippen LogP contribution in [0.2, 0.25) is 0 Å². The fraction of sp³-hybridized carbons (Fsp3) is 0.385. The van der Waals surface area contributed by atoms with E-state index in [0.29, 0.717) is 0 Å². The van der Waals surface area contributed by atoms with E-state index in [1.165, 1.54) is 11.3 Å². The molecule has 1 aromatic heterocycles. The second kappa shape index (κ2) is 6.53. The monoisotopic (exact) mass is 294 g/mol. The quantitative estimate of drug-likeness (QED) is 0.850. The number of amides is 1. The summed E-state index contributed by atoms with van der Waals surface area (Å²) < 4.78 is 5.80. The van der Waals surface area contributed by atoms with Crippen LogP contribution in [0.25, 0.3) is 10.2 Å². The highest BCUT2D eigenvalue weighted by atomic mass is 32.1. The molecule has 1 aromatic carbocycles. The Kier molecular flexibility index (Phi) is 4.75. The lowest BCUT2D eigenvalue weighted by atomic mass is 10.3. The summed E-state index contributed by atoms with van der Waals surface area (Å²) in [6.07, 6.45) is -0.782. The first-order chi connectivity index (χ1) is 9.54. The van der Waals surface area contributed by atoms with Crippen LogP contribution in [-0.4, -0.2) is 43.2 Å². The van der Waals surface area contributed by atoms with Gasteiger partial charge >= 0.3 is 6.09 Å². The number of hydrogen-bond donors (Lipinski definition) is 2. The van der Waals surface area contributed by atoms with Gasteiger partial charge in [0.1, 0.15) is 11.6 Å². The van der Waals surface area contributed by atoms with Crippen molar-refractivity contribution in [3.05, 3.63) is 23.2 Å². The number of nitrogens with zero attached hydrogens (tertiary/aromatic N) is 2. The zero-order valence-electron chi connectivity index (χ0n) is 11.5. The third-order valence-electron chi connectivity index (χ3n) is 2.66. The molecule has 0 aliphatic heterocycles. The third-order valence-corrected chi connectivity index (χ3v) is 3.65. The lowest BCUT2D eigenvalue weighted by Gasteiger charge is -2.11. The maximum atomic E-state index is 10.6. The summed E-state index contributed by atoms with van der Waals surface area (Å²) in [7, 11) is 4.08. The maximum absolute atomic E-state index is 10.6. The van der Waals surface area contributed by atoms with Gasteiger partial charge in [-0.1, -0.05) is 0 Å². The van der Waals surface area contributed by atoms with Crippen LogP contribution >= 0.6 is 11.3 Å². The number of carbonyl (C=O) groups excluding carboxylic acids is 1. The fourth-order valence-corrected chi connectivity index (χ4v) is 2.62. The SMILES string of the molecule is CN(C)CCNc1ccc2nc(COC(N)=O)sc2c1. The number of aromatic nitrogens is 1. The molecule has 1 heterocycles. The minimum Gasteiger partial charge on any atom is -0.442 e. The minimum absolute atomic E-state index is 0.123. The van der Waals surface area contributed by atoms with Crippen molar-refractivity contribution in [2.45, 2.75) is 6.61 Å². The number of thiazole rings is 1. The summed E-state index contributed by atoms with van der Waals surface area (Å²) in [5, 5.41) is 4.10. The molecule has 6 nitrogen and oxygen atoms in total. The number of anilines is 1. The summed E-state index contributed by atoms with van der Waals surface area (Å²) in [4.78, 5) is 17.1. The van der Waals surface area contributed by atoms with Crippen LogP contribution in [0.15, 0.2) is 18.2 Å². The van der Waals surface area contributed by atoms with E-state index in [2.05, 4.69) is 21.3 Å². The van der Waals surface area contributed by atoms with Crippen LogP contribution in [0.3, 0.4) is 0 Å². The van der Waals surface area contributed by atoms with Crippen molar-refractivity contribution in [2.75, 3.05) is 32.5 Å². The first-order valence-electron chi connectivity index (χ1n) is 6.25. The van der Waals surface area contributed by atoms with E-state index in [9.17, 15) is 4.79 Å². The molecule has 0 aliphatic carbocycles. The van der Waals surface area contributed by atoms with Crippen molar-refractivity contribution in [1.29, 1.82) is 0 Å². The normalized spacial score (nSPS) is 10.9. The number of ether oxygens (including phenoxy) is 1. The van der Waals surface area contributed by atoms with Crippen molar-refractivity contribution in [3.8, 4) is 0 Å². The zero-order valence-corrected chi connectivity index (χ0v) is 12.4. The Balaban J connectivity index is 2.03. The predicted octanol–water partition coefficient (Wildman–Crippen LogP) is 1.87. The molecule has 0 saturated heterocycles. The highest BCUT2D eigenvalue weighted by Crippen LogP contribution is 2.25. The van der Waals surface area contributed by atoms with E-state index in [0.717, 1.165) is 34.0 Å². The molecule has 0 unspecified atom stereocenters. The van der Waals surface area contributed by atoms with E-state index < -0.39 is 6.09 Å². The first-order valence-corrected chi connectivity index (χ1v) is 7.06. The van der Waals surface area contributed by atoms with E-state index in [-0.39, 0.29) is 6.61 Å². The third kappa shape index (κ3) is 4.07. The van der Waals surface area contributed by atoms with E-state index in [1.807, 2.05) is 26.2 Å². The number of rotatable bonds is 6. The first kappa shape index (κ1) is 14.5. The molecule has 0 fully saturated rings. The number of hydrogen-bond acceptors (Lipinski definition) is 6. The molecule has 0 atom stereocenters. The number of carbonyl (C=O) groups is 1. The van der Waals surface area contributed by atoms with Gasteiger partial charge in [0.25, 0.3) is 0 Å². The Morgan fingerprint density at radius 2 is 2.30 bits per heavy atom. The van der Waals surface area contributed by atoms with Gasteiger partial charge < -0.3 is 20.7 Å². The van der Waals surface area contributed by atoms with Crippen molar-refractivity contribution >= 4 is 33.3 Å². The molecular formula is C13H18N4O2S. The number of nitrogens with two attached hydrogens (primary N) is 1. The molecule has 7 heteroatoms. The lowest BCUT2D eigenvalue weighted by Crippen LogP contribution is -2.20. The predicted molar refractivity (Wildman–Crippen MR) is 81.0 cm³/mol. The number of likely N-dealkylation sites (N-methyl/N-ethyl adjacent to an activating group) is 1. The Morgan fingerprint density at radius 3 is 3.00 bits per heavy atom. The molecular weight excluding hydrogens is 276 g/mol. The molecule has 0 radical (unpaired) electrons. The summed E-state index contributed by atoms with van der Waals surface area (Å²) in [5.41, 5.74) is 6.90. The van der Waals surface area contributed by atoms with Gasteiger partial charge in [0.05, 0.1) is 10.2 Å². The summed E-state index contributed by atoms with van der Waals surface area (Å²) in [6, 6.07) is 6.00. The highest BCUT2D eigenvalue weighted by Gasteiger charge is 2.06. The van der Waals surface area contributed by atoms with Crippen molar-refractivity contribution < 1.29 is 9.53 Å². The van der Waals surface area contributed by atoms with Crippen LogP contribution < -0.4 is 11.1 Å². The zero-order chi connectivity index (χ0) is 14.5. The van der Waals surface area contributed by atoms with Crippen molar-refractivity contribution in [2.24, 2.45) is 5.73 Å². The van der Waals surface area contributed by atoms with Crippen LogP contribution in [-0.2, 0) is 11.3 Å². The smallest absolute Gasteiger partial charge is 0.404 e. The summed E-state index contributed by atoms with van der Waals surface area (Å²) in [6.45, 7) is 1.98. The van der Waals surface area contributed by atoms with E-state index >= 15 is 0 Å². The number of primary amides is 1. The van der Waals surface area contributed by atoms with Gasteiger partial charge in [-0.2, -0.15) is 0 Å².